The summed E-state index contributed by atoms with van der Waals surface area (Å²) in [6, 6.07) is 9.60. The van der Waals surface area contributed by atoms with Gasteiger partial charge in [0.25, 0.3) is 0 Å². The normalized spacial score (nSPS) is 10.5. The standard InChI is InChI=1S/C15H14BrN5O/c1-9-7-11(3-4-12(9)16)18-13-5-6-17-15(19-13)20-14-8-10(2)22-21-14/h3-8H,1-2H3,(H2,17,18,19,20,21). The van der Waals surface area contributed by atoms with Crippen molar-refractivity contribution in [1.82, 2.24) is 15.1 Å². The van der Waals surface area contributed by atoms with Gasteiger partial charge in [-0.05, 0) is 43.7 Å². The van der Waals surface area contributed by atoms with E-state index in [1.807, 2.05) is 32.0 Å². The molecule has 0 aliphatic heterocycles. The van der Waals surface area contributed by atoms with Crippen LogP contribution in [0.1, 0.15) is 11.3 Å². The summed E-state index contributed by atoms with van der Waals surface area (Å²) in [5, 5.41) is 10.1. The van der Waals surface area contributed by atoms with E-state index < -0.39 is 0 Å². The minimum Gasteiger partial charge on any atom is -0.360 e. The number of hydrogen-bond donors (Lipinski definition) is 2. The summed E-state index contributed by atoms with van der Waals surface area (Å²) in [5.41, 5.74) is 2.11. The molecule has 0 saturated heterocycles. The molecule has 2 N–H and O–H groups in total. The van der Waals surface area contributed by atoms with Crippen molar-refractivity contribution >= 4 is 39.2 Å². The molecular formula is C15H14BrN5O. The summed E-state index contributed by atoms with van der Waals surface area (Å²) in [4.78, 5) is 8.56. The molecule has 2 aromatic heterocycles. The molecule has 0 atom stereocenters. The zero-order valence-electron chi connectivity index (χ0n) is 12.1. The Bertz CT molecular complexity index is 802. The lowest BCUT2D eigenvalue weighted by molar-refractivity contribution is 0.400. The second-order valence-corrected chi connectivity index (χ2v) is 5.66. The van der Waals surface area contributed by atoms with E-state index in [9.17, 15) is 0 Å². The van der Waals surface area contributed by atoms with Crippen molar-refractivity contribution in [3.63, 3.8) is 0 Å². The highest BCUT2D eigenvalue weighted by atomic mass is 79.9. The highest BCUT2D eigenvalue weighted by molar-refractivity contribution is 9.10. The van der Waals surface area contributed by atoms with Crippen molar-refractivity contribution in [3.8, 4) is 0 Å². The number of anilines is 4. The van der Waals surface area contributed by atoms with Crippen LogP contribution in [-0.2, 0) is 0 Å². The highest BCUT2D eigenvalue weighted by Gasteiger charge is 2.05. The quantitative estimate of drug-likeness (QED) is 0.721. The maximum atomic E-state index is 5.00. The predicted molar refractivity (Wildman–Crippen MR) is 88.7 cm³/mol. The Balaban J connectivity index is 1.77. The first kappa shape index (κ1) is 14.5. The van der Waals surface area contributed by atoms with E-state index in [-0.39, 0.29) is 0 Å². The predicted octanol–water partition coefficient (Wildman–Crippen LogP) is 4.33. The fourth-order valence-corrected chi connectivity index (χ4v) is 2.15. The van der Waals surface area contributed by atoms with Crippen molar-refractivity contribution in [1.29, 1.82) is 0 Å². The van der Waals surface area contributed by atoms with Crippen LogP contribution in [0, 0.1) is 13.8 Å². The Morgan fingerprint density at radius 1 is 1.05 bits per heavy atom. The van der Waals surface area contributed by atoms with E-state index in [4.69, 9.17) is 4.52 Å². The van der Waals surface area contributed by atoms with Crippen LogP contribution in [0.15, 0.2) is 45.5 Å². The van der Waals surface area contributed by atoms with Gasteiger partial charge in [0.05, 0.1) is 0 Å². The molecule has 0 unspecified atom stereocenters. The molecule has 0 aliphatic rings. The number of aromatic nitrogens is 3. The van der Waals surface area contributed by atoms with E-state index in [1.165, 1.54) is 0 Å². The molecule has 1 aromatic carbocycles. The van der Waals surface area contributed by atoms with Gasteiger partial charge in [0.2, 0.25) is 5.95 Å². The zero-order valence-corrected chi connectivity index (χ0v) is 13.7. The number of aryl methyl sites for hydroxylation is 2. The third-order valence-corrected chi connectivity index (χ3v) is 3.84. The van der Waals surface area contributed by atoms with Crippen LogP contribution in [0.4, 0.5) is 23.3 Å². The van der Waals surface area contributed by atoms with Crippen LogP contribution in [0.5, 0.6) is 0 Å². The SMILES string of the molecule is Cc1cc(Nc2nccc(Nc3ccc(Br)c(C)c3)n2)no1. The van der Waals surface area contributed by atoms with E-state index in [0.29, 0.717) is 17.6 Å². The molecule has 112 valence electrons. The topological polar surface area (TPSA) is 75.9 Å². The largest absolute Gasteiger partial charge is 0.360 e. The third kappa shape index (κ3) is 3.43. The maximum Gasteiger partial charge on any atom is 0.230 e. The first-order valence-corrected chi connectivity index (χ1v) is 7.46. The van der Waals surface area contributed by atoms with Crippen molar-refractivity contribution in [2.75, 3.05) is 10.6 Å². The van der Waals surface area contributed by atoms with E-state index in [0.717, 1.165) is 21.5 Å². The van der Waals surface area contributed by atoms with Crippen molar-refractivity contribution in [3.05, 3.63) is 52.3 Å². The lowest BCUT2D eigenvalue weighted by Gasteiger charge is -2.08. The molecule has 7 heteroatoms. The minimum absolute atomic E-state index is 0.451. The second-order valence-electron chi connectivity index (χ2n) is 4.80. The Kier molecular flexibility index (Phi) is 4.06. The van der Waals surface area contributed by atoms with Crippen LogP contribution in [-0.4, -0.2) is 15.1 Å². The van der Waals surface area contributed by atoms with Crippen LogP contribution >= 0.6 is 15.9 Å². The second kappa shape index (κ2) is 6.15. The van der Waals surface area contributed by atoms with E-state index >= 15 is 0 Å². The van der Waals surface area contributed by atoms with Crippen molar-refractivity contribution in [2.45, 2.75) is 13.8 Å². The molecule has 6 nitrogen and oxygen atoms in total. The highest BCUT2D eigenvalue weighted by Crippen LogP contribution is 2.22. The Hall–Kier alpha value is -2.41. The smallest absolute Gasteiger partial charge is 0.230 e. The summed E-state index contributed by atoms with van der Waals surface area (Å²) in [6.07, 6.45) is 1.68. The minimum atomic E-state index is 0.451. The molecule has 0 saturated carbocycles. The average Bonchev–Trinajstić information content (AvgIpc) is 2.89. The van der Waals surface area contributed by atoms with Crippen molar-refractivity contribution < 1.29 is 4.52 Å². The molecule has 0 amide bonds. The first-order chi connectivity index (χ1) is 10.6. The average molecular weight is 360 g/mol. The summed E-state index contributed by atoms with van der Waals surface area (Å²) in [6.45, 7) is 3.86. The van der Waals surface area contributed by atoms with Gasteiger partial charge in [0.15, 0.2) is 5.82 Å². The Morgan fingerprint density at radius 2 is 1.91 bits per heavy atom. The van der Waals surface area contributed by atoms with Crippen LogP contribution < -0.4 is 10.6 Å². The van der Waals surface area contributed by atoms with Gasteiger partial charge in [0.1, 0.15) is 11.6 Å². The number of hydrogen-bond acceptors (Lipinski definition) is 6. The summed E-state index contributed by atoms with van der Waals surface area (Å²) in [5.74, 6) is 2.45. The van der Waals surface area contributed by atoms with Gasteiger partial charge in [-0.1, -0.05) is 21.1 Å². The van der Waals surface area contributed by atoms with Gasteiger partial charge in [-0.2, -0.15) is 4.98 Å². The van der Waals surface area contributed by atoms with Gasteiger partial charge >= 0.3 is 0 Å². The first-order valence-electron chi connectivity index (χ1n) is 6.67. The van der Waals surface area contributed by atoms with Gasteiger partial charge in [-0.15, -0.1) is 0 Å². The van der Waals surface area contributed by atoms with Crippen LogP contribution in [0.2, 0.25) is 0 Å². The molecule has 3 rings (SSSR count). The molecule has 0 bridgehead atoms. The Morgan fingerprint density at radius 3 is 2.64 bits per heavy atom. The molecule has 0 spiro atoms. The zero-order chi connectivity index (χ0) is 15.5. The van der Waals surface area contributed by atoms with Gasteiger partial charge in [-0.3, -0.25) is 0 Å². The molecule has 0 radical (unpaired) electrons. The molecule has 22 heavy (non-hydrogen) atoms. The molecule has 0 aliphatic carbocycles. The number of rotatable bonds is 4. The van der Waals surface area contributed by atoms with Crippen LogP contribution in [0.25, 0.3) is 0 Å². The number of halogens is 1. The van der Waals surface area contributed by atoms with Gasteiger partial charge in [-0.25, -0.2) is 4.98 Å². The number of nitrogens with zero attached hydrogens (tertiary/aromatic N) is 3. The molecule has 2 heterocycles. The van der Waals surface area contributed by atoms with Crippen molar-refractivity contribution in [2.24, 2.45) is 0 Å². The summed E-state index contributed by atoms with van der Waals surface area (Å²) in [7, 11) is 0. The molecular weight excluding hydrogens is 346 g/mol. The van der Waals surface area contributed by atoms with E-state index in [2.05, 4.69) is 41.7 Å². The lowest BCUT2D eigenvalue weighted by atomic mass is 10.2. The molecule has 0 fully saturated rings. The fourth-order valence-electron chi connectivity index (χ4n) is 1.90. The third-order valence-electron chi connectivity index (χ3n) is 2.95. The van der Waals surface area contributed by atoms with Gasteiger partial charge < -0.3 is 15.2 Å². The maximum absolute atomic E-state index is 5.00. The van der Waals surface area contributed by atoms with Gasteiger partial charge in [0, 0.05) is 22.4 Å². The summed E-state index contributed by atoms with van der Waals surface area (Å²) >= 11 is 3.49. The fraction of sp³-hybridized carbons (Fsp3) is 0.133. The monoisotopic (exact) mass is 359 g/mol. The Labute approximate surface area is 136 Å². The van der Waals surface area contributed by atoms with E-state index in [1.54, 1.807) is 18.3 Å². The lowest BCUT2D eigenvalue weighted by Crippen LogP contribution is -2.00. The van der Waals surface area contributed by atoms with Crippen LogP contribution in [0.3, 0.4) is 0 Å². The molecule has 3 aromatic rings. The summed E-state index contributed by atoms with van der Waals surface area (Å²) < 4.78 is 6.07. The number of benzene rings is 1. The number of nitrogens with one attached hydrogen (secondary N) is 2.